The van der Waals surface area contributed by atoms with Gasteiger partial charge in [-0.05, 0) is 30.4 Å². The summed E-state index contributed by atoms with van der Waals surface area (Å²) in [5, 5.41) is 4.34. The summed E-state index contributed by atoms with van der Waals surface area (Å²) in [5.41, 5.74) is 1.30. The van der Waals surface area contributed by atoms with Gasteiger partial charge in [-0.2, -0.15) is 0 Å². The molecule has 1 fully saturated rings. The molecule has 0 unspecified atom stereocenters. The largest absolute Gasteiger partial charge is 0.314 e. The molecule has 1 heterocycles. The van der Waals surface area contributed by atoms with Crippen LogP contribution >= 0.6 is 11.6 Å². The third-order valence-electron chi connectivity index (χ3n) is 3.87. The highest BCUT2D eigenvalue weighted by Crippen LogP contribution is 2.32. The molecule has 0 bridgehead atoms. The van der Waals surface area contributed by atoms with Crippen LogP contribution in [0.1, 0.15) is 38.3 Å². The zero-order valence-electron chi connectivity index (χ0n) is 12.0. The Bertz CT molecular complexity index is 386. The lowest BCUT2D eigenvalue weighted by atomic mass is 9.95. The van der Waals surface area contributed by atoms with Gasteiger partial charge in [-0.3, -0.25) is 4.90 Å². The highest BCUT2D eigenvalue weighted by atomic mass is 35.5. The van der Waals surface area contributed by atoms with Gasteiger partial charge in [0.15, 0.2) is 0 Å². The van der Waals surface area contributed by atoms with Gasteiger partial charge < -0.3 is 5.32 Å². The third kappa shape index (κ3) is 4.20. The van der Waals surface area contributed by atoms with Crippen molar-refractivity contribution in [2.75, 3.05) is 26.2 Å². The molecule has 0 aliphatic carbocycles. The minimum Gasteiger partial charge on any atom is -0.314 e. The minimum absolute atomic E-state index is 0.471. The monoisotopic (exact) mass is 280 g/mol. The Kier molecular flexibility index (Phi) is 5.68. The predicted octanol–water partition coefficient (Wildman–Crippen LogP) is 3.72. The highest BCUT2D eigenvalue weighted by Gasteiger charge is 2.23. The van der Waals surface area contributed by atoms with Crippen LogP contribution in [0.25, 0.3) is 0 Å². The fraction of sp³-hybridized carbons (Fsp3) is 0.625. The normalized spacial score (nSPS) is 18.7. The summed E-state index contributed by atoms with van der Waals surface area (Å²) in [6, 6.07) is 8.80. The number of piperazine rings is 1. The summed E-state index contributed by atoms with van der Waals surface area (Å²) in [6.45, 7) is 9.00. The van der Waals surface area contributed by atoms with Crippen molar-refractivity contribution >= 4 is 11.6 Å². The van der Waals surface area contributed by atoms with Crippen LogP contribution in [0, 0.1) is 5.92 Å². The van der Waals surface area contributed by atoms with E-state index in [1.165, 1.54) is 18.4 Å². The van der Waals surface area contributed by atoms with E-state index in [0.29, 0.717) is 6.04 Å². The van der Waals surface area contributed by atoms with E-state index in [1.54, 1.807) is 0 Å². The lowest BCUT2D eigenvalue weighted by Gasteiger charge is -2.36. The fourth-order valence-electron chi connectivity index (χ4n) is 2.77. The van der Waals surface area contributed by atoms with E-state index in [1.807, 2.05) is 12.1 Å². The lowest BCUT2D eigenvalue weighted by Crippen LogP contribution is -2.45. The molecular weight excluding hydrogens is 256 g/mol. The van der Waals surface area contributed by atoms with Crippen molar-refractivity contribution in [3.63, 3.8) is 0 Å². The van der Waals surface area contributed by atoms with Crippen molar-refractivity contribution in [2.24, 2.45) is 5.92 Å². The number of benzene rings is 1. The second-order valence-corrected chi connectivity index (χ2v) is 6.20. The fourth-order valence-corrected chi connectivity index (χ4v) is 3.03. The first-order chi connectivity index (χ1) is 9.18. The zero-order chi connectivity index (χ0) is 13.7. The van der Waals surface area contributed by atoms with Crippen LogP contribution in [-0.4, -0.2) is 31.1 Å². The van der Waals surface area contributed by atoms with Crippen molar-refractivity contribution in [3.8, 4) is 0 Å². The molecule has 0 radical (unpaired) electrons. The molecule has 1 atom stereocenters. The van der Waals surface area contributed by atoms with Crippen molar-refractivity contribution in [1.82, 2.24) is 10.2 Å². The number of rotatable bonds is 5. The van der Waals surface area contributed by atoms with E-state index >= 15 is 0 Å². The number of hydrogen-bond donors (Lipinski definition) is 1. The number of nitrogens with zero attached hydrogens (tertiary/aromatic N) is 1. The summed E-state index contributed by atoms with van der Waals surface area (Å²) in [4.78, 5) is 2.58. The van der Waals surface area contributed by atoms with Crippen molar-refractivity contribution < 1.29 is 0 Å². The lowest BCUT2D eigenvalue weighted by molar-refractivity contribution is 0.160. The van der Waals surface area contributed by atoms with Gasteiger partial charge in [0.2, 0.25) is 0 Å². The first-order valence-corrected chi connectivity index (χ1v) is 7.75. The second kappa shape index (κ2) is 7.28. The van der Waals surface area contributed by atoms with E-state index < -0.39 is 0 Å². The molecule has 0 amide bonds. The number of nitrogens with one attached hydrogen (secondary N) is 1. The molecule has 1 aliphatic heterocycles. The van der Waals surface area contributed by atoms with Crippen LogP contribution in [-0.2, 0) is 0 Å². The van der Waals surface area contributed by atoms with Crippen molar-refractivity contribution in [3.05, 3.63) is 34.9 Å². The SMILES string of the molecule is CC(C)CC[C@H](c1ccccc1Cl)N1CCNCC1. The van der Waals surface area contributed by atoms with Gasteiger partial charge in [0.25, 0.3) is 0 Å². The number of halogens is 1. The van der Waals surface area contributed by atoms with Crippen LogP contribution in [0.5, 0.6) is 0 Å². The molecule has 0 aromatic heterocycles. The molecule has 2 rings (SSSR count). The Hall–Kier alpha value is -0.570. The minimum atomic E-state index is 0.471. The first-order valence-electron chi connectivity index (χ1n) is 7.37. The average Bonchev–Trinajstić information content (AvgIpc) is 2.42. The van der Waals surface area contributed by atoms with E-state index in [9.17, 15) is 0 Å². The Balaban J connectivity index is 2.15. The van der Waals surface area contributed by atoms with Crippen LogP contribution in [0.4, 0.5) is 0 Å². The van der Waals surface area contributed by atoms with Crippen LogP contribution in [0.15, 0.2) is 24.3 Å². The summed E-state index contributed by atoms with van der Waals surface area (Å²) in [7, 11) is 0. The second-order valence-electron chi connectivity index (χ2n) is 5.79. The Morgan fingerprint density at radius 2 is 1.84 bits per heavy atom. The maximum absolute atomic E-state index is 6.41. The highest BCUT2D eigenvalue weighted by molar-refractivity contribution is 6.31. The molecule has 1 N–H and O–H groups in total. The van der Waals surface area contributed by atoms with Gasteiger partial charge in [-0.1, -0.05) is 43.6 Å². The quantitative estimate of drug-likeness (QED) is 0.884. The maximum Gasteiger partial charge on any atom is 0.0453 e. The van der Waals surface area contributed by atoms with Gasteiger partial charge in [0.1, 0.15) is 0 Å². The predicted molar refractivity (Wildman–Crippen MR) is 82.7 cm³/mol. The maximum atomic E-state index is 6.41. The van der Waals surface area contributed by atoms with Crippen molar-refractivity contribution in [2.45, 2.75) is 32.7 Å². The van der Waals surface area contributed by atoms with Gasteiger partial charge in [0, 0.05) is 37.2 Å². The summed E-state index contributed by atoms with van der Waals surface area (Å²) in [5.74, 6) is 0.743. The molecule has 2 nitrogen and oxygen atoms in total. The van der Waals surface area contributed by atoms with Gasteiger partial charge in [-0.25, -0.2) is 0 Å². The molecule has 0 saturated carbocycles. The topological polar surface area (TPSA) is 15.3 Å². The van der Waals surface area contributed by atoms with E-state index in [0.717, 1.165) is 37.1 Å². The molecule has 3 heteroatoms. The number of hydrogen-bond acceptors (Lipinski definition) is 2. The van der Waals surface area contributed by atoms with Crippen LogP contribution in [0.3, 0.4) is 0 Å². The Labute approximate surface area is 122 Å². The summed E-state index contributed by atoms with van der Waals surface area (Å²) >= 11 is 6.41. The van der Waals surface area contributed by atoms with Gasteiger partial charge in [0.05, 0.1) is 0 Å². The van der Waals surface area contributed by atoms with E-state index in [-0.39, 0.29) is 0 Å². The molecule has 19 heavy (non-hydrogen) atoms. The van der Waals surface area contributed by atoms with Gasteiger partial charge >= 0.3 is 0 Å². The molecule has 1 aromatic carbocycles. The molecule has 106 valence electrons. The van der Waals surface area contributed by atoms with Crippen LogP contribution in [0.2, 0.25) is 5.02 Å². The van der Waals surface area contributed by atoms with E-state index in [2.05, 4.69) is 36.2 Å². The van der Waals surface area contributed by atoms with Crippen molar-refractivity contribution in [1.29, 1.82) is 0 Å². The average molecular weight is 281 g/mol. The molecule has 1 aliphatic rings. The summed E-state index contributed by atoms with van der Waals surface area (Å²) < 4.78 is 0. The Morgan fingerprint density at radius 1 is 1.16 bits per heavy atom. The zero-order valence-corrected chi connectivity index (χ0v) is 12.8. The molecule has 0 spiro atoms. The third-order valence-corrected chi connectivity index (χ3v) is 4.22. The van der Waals surface area contributed by atoms with Crippen LogP contribution < -0.4 is 5.32 Å². The molecular formula is C16H25ClN2. The molecule has 1 saturated heterocycles. The van der Waals surface area contributed by atoms with E-state index in [4.69, 9.17) is 11.6 Å². The first kappa shape index (κ1) is 14.8. The van der Waals surface area contributed by atoms with Gasteiger partial charge in [-0.15, -0.1) is 0 Å². The standard InChI is InChI=1S/C16H25ClN2/c1-13(2)7-8-16(19-11-9-18-10-12-19)14-5-3-4-6-15(14)17/h3-6,13,16,18H,7-12H2,1-2H3/t16-/m1/s1. The molecule has 1 aromatic rings. The summed E-state index contributed by atoms with van der Waals surface area (Å²) in [6.07, 6.45) is 2.45. The Morgan fingerprint density at radius 3 is 2.47 bits per heavy atom. The smallest absolute Gasteiger partial charge is 0.0453 e.